The minimum atomic E-state index is -0.903. The molecule has 0 bridgehead atoms. The molecular formula is C23H26O6. The van der Waals surface area contributed by atoms with Crippen LogP contribution in [-0.4, -0.2) is 38.2 Å². The lowest BCUT2D eigenvalue weighted by atomic mass is 10.1. The number of ether oxygens (including phenoxy) is 4. The number of methoxy groups -OCH3 is 1. The van der Waals surface area contributed by atoms with E-state index in [4.69, 9.17) is 18.9 Å². The van der Waals surface area contributed by atoms with Gasteiger partial charge in [-0.25, -0.2) is 4.79 Å². The van der Waals surface area contributed by atoms with E-state index in [1.807, 2.05) is 13.8 Å². The third-order valence-corrected chi connectivity index (χ3v) is 4.01. The van der Waals surface area contributed by atoms with E-state index >= 15 is 0 Å². The minimum Gasteiger partial charge on any atom is -0.494 e. The van der Waals surface area contributed by atoms with Gasteiger partial charge in [0.2, 0.25) is 5.78 Å². The maximum Gasteiger partial charge on any atom is 0.331 e. The lowest BCUT2D eigenvalue weighted by Gasteiger charge is -2.11. The molecule has 0 saturated carbocycles. The van der Waals surface area contributed by atoms with Crippen LogP contribution >= 0.6 is 0 Å². The van der Waals surface area contributed by atoms with Gasteiger partial charge in [0, 0.05) is 11.6 Å². The van der Waals surface area contributed by atoms with Crippen molar-refractivity contribution in [3.63, 3.8) is 0 Å². The van der Waals surface area contributed by atoms with Gasteiger partial charge < -0.3 is 18.9 Å². The van der Waals surface area contributed by atoms with E-state index in [9.17, 15) is 9.59 Å². The molecule has 2 aromatic rings. The van der Waals surface area contributed by atoms with Crippen LogP contribution in [0.5, 0.6) is 17.2 Å². The summed E-state index contributed by atoms with van der Waals surface area (Å²) in [5.74, 6) is 0.996. The second-order valence-electron chi connectivity index (χ2n) is 6.08. The zero-order valence-electron chi connectivity index (χ0n) is 17.1. The second-order valence-corrected chi connectivity index (χ2v) is 6.08. The molecule has 2 aromatic carbocycles. The molecule has 0 spiro atoms. The van der Waals surface area contributed by atoms with Crippen LogP contribution in [0, 0.1) is 0 Å². The highest BCUT2D eigenvalue weighted by Gasteiger charge is 2.18. The summed E-state index contributed by atoms with van der Waals surface area (Å²) in [6.07, 6.45) is 1.96. The molecule has 0 aliphatic carbocycles. The van der Waals surface area contributed by atoms with Gasteiger partial charge in [0.25, 0.3) is 0 Å². The first-order chi connectivity index (χ1) is 14.0. The number of esters is 1. The molecule has 0 saturated heterocycles. The van der Waals surface area contributed by atoms with E-state index in [0.717, 1.165) is 5.56 Å². The molecule has 29 heavy (non-hydrogen) atoms. The van der Waals surface area contributed by atoms with Crippen molar-refractivity contribution in [2.24, 2.45) is 0 Å². The summed E-state index contributed by atoms with van der Waals surface area (Å²) in [6.45, 7) is 6.40. The highest BCUT2D eigenvalue weighted by Crippen LogP contribution is 2.28. The molecule has 0 heterocycles. The molecule has 0 amide bonds. The molecule has 1 atom stereocenters. The third kappa shape index (κ3) is 6.38. The van der Waals surface area contributed by atoms with Crippen molar-refractivity contribution in [1.82, 2.24) is 0 Å². The van der Waals surface area contributed by atoms with Crippen LogP contribution in [0.25, 0.3) is 6.08 Å². The van der Waals surface area contributed by atoms with Crippen LogP contribution in [0.1, 0.15) is 36.7 Å². The molecule has 0 aliphatic heterocycles. The van der Waals surface area contributed by atoms with Crippen LogP contribution in [0.15, 0.2) is 48.5 Å². The van der Waals surface area contributed by atoms with Crippen molar-refractivity contribution in [1.29, 1.82) is 0 Å². The monoisotopic (exact) mass is 398 g/mol. The summed E-state index contributed by atoms with van der Waals surface area (Å²) in [6, 6.07) is 12.1. The largest absolute Gasteiger partial charge is 0.494 e. The molecule has 154 valence electrons. The van der Waals surface area contributed by atoms with Gasteiger partial charge in [-0.3, -0.25) is 4.79 Å². The lowest BCUT2D eigenvalue weighted by molar-refractivity contribution is -0.140. The fourth-order valence-corrected chi connectivity index (χ4v) is 2.61. The highest BCUT2D eigenvalue weighted by atomic mass is 16.5. The molecule has 0 radical (unpaired) electrons. The summed E-state index contributed by atoms with van der Waals surface area (Å²) in [7, 11) is 1.55. The molecule has 0 aromatic heterocycles. The molecule has 6 heteroatoms. The molecule has 0 N–H and O–H groups in total. The first-order valence-electron chi connectivity index (χ1n) is 9.45. The van der Waals surface area contributed by atoms with Gasteiger partial charge in [0.15, 0.2) is 17.6 Å². The number of hydrogen-bond acceptors (Lipinski definition) is 6. The number of Topliss-reactive ketones (excluding diaryl/α,β-unsaturated/α-hetero) is 1. The SMILES string of the molecule is CCOc1ccc(C(=O)[C@H](C)OC(=O)/C=C/c2ccc(OCC)c(OC)c2)cc1. The molecular weight excluding hydrogens is 372 g/mol. The normalized spacial score (nSPS) is 11.7. The van der Waals surface area contributed by atoms with Crippen molar-refractivity contribution < 1.29 is 28.5 Å². The number of hydrogen-bond donors (Lipinski definition) is 0. The van der Waals surface area contributed by atoms with E-state index in [1.165, 1.54) is 6.08 Å². The van der Waals surface area contributed by atoms with Crippen LogP contribution in [-0.2, 0) is 9.53 Å². The van der Waals surface area contributed by atoms with E-state index in [-0.39, 0.29) is 5.78 Å². The zero-order valence-corrected chi connectivity index (χ0v) is 17.1. The number of benzene rings is 2. The second kappa shape index (κ2) is 10.9. The number of carbonyl (C=O) groups is 2. The number of ketones is 1. The highest BCUT2D eigenvalue weighted by molar-refractivity contribution is 6.01. The van der Waals surface area contributed by atoms with E-state index < -0.39 is 12.1 Å². The van der Waals surface area contributed by atoms with Crippen molar-refractivity contribution in [2.45, 2.75) is 26.9 Å². The first kappa shape index (κ1) is 22.0. The standard InChI is InChI=1S/C23H26O6/c1-5-27-19-11-9-18(10-12-19)23(25)16(3)29-22(24)14-8-17-7-13-20(28-6-2)21(15-17)26-4/h7-16H,5-6H2,1-4H3/b14-8+/t16-/m0/s1. The Morgan fingerprint density at radius 2 is 1.66 bits per heavy atom. The van der Waals surface area contributed by atoms with Crippen LogP contribution in [0.4, 0.5) is 0 Å². The summed E-state index contributed by atoms with van der Waals surface area (Å²) in [5.41, 5.74) is 1.20. The summed E-state index contributed by atoms with van der Waals surface area (Å²) in [5, 5.41) is 0. The van der Waals surface area contributed by atoms with E-state index in [0.29, 0.717) is 36.0 Å². The predicted octanol–water partition coefficient (Wildman–Crippen LogP) is 4.32. The minimum absolute atomic E-state index is 0.280. The molecule has 0 aliphatic rings. The average molecular weight is 398 g/mol. The summed E-state index contributed by atoms with van der Waals surface area (Å²) < 4.78 is 21.3. The maximum absolute atomic E-state index is 12.4. The van der Waals surface area contributed by atoms with Crippen molar-refractivity contribution in [3.05, 3.63) is 59.7 Å². The topological polar surface area (TPSA) is 71.1 Å². The Bertz CT molecular complexity index is 854. The van der Waals surface area contributed by atoms with E-state index in [1.54, 1.807) is 62.6 Å². The van der Waals surface area contributed by atoms with Crippen molar-refractivity contribution in [2.75, 3.05) is 20.3 Å². The fraction of sp³-hybridized carbons (Fsp3) is 0.304. The van der Waals surface area contributed by atoms with Gasteiger partial charge in [0.1, 0.15) is 5.75 Å². The number of carbonyl (C=O) groups excluding carboxylic acids is 2. The van der Waals surface area contributed by atoms with Gasteiger partial charge in [-0.05, 0) is 68.8 Å². The van der Waals surface area contributed by atoms with Gasteiger partial charge in [0.05, 0.1) is 20.3 Å². The van der Waals surface area contributed by atoms with Crippen molar-refractivity contribution in [3.8, 4) is 17.2 Å². The van der Waals surface area contributed by atoms with Crippen LogP contribution in [0.3, 0.4) is 0 Å². The Hall–Kier alpha value is -3.28. The van der Waals surface area contributed by atoms with Crippen LogP contribution in [0.2, 0.25) is 0 Å². The Balaban J connectivity index is 1.97. The summed E-state index contributed by atoms with van der Waals surface area (Å²) >= 11 is 0. The third-order valence-electron chi connectivity index (χ3n) is 4.01. The van der Waals surface area contributed by atoms with Gasteiger partial charge in [-0.15, -0.1) is 0 Å². The maximum atomic E-state index is 12.4. The molecule has 0 unspecified atom stereocenters. The van der Waals surface area contributed by atoms with E-state index in [2.05, 4.69) is 0 Å². The Labute approximate surface area is 171 Å². The molecule has 6 nitrogen and oxygen atoms in total. The quantitative estimate of drug-likeness (QED) is 0.337. The Morgan fingerprint density at radius 3 is 2.28 bits per heavy atom. The average Bonchev–Trinajstić information content (AvgIpc) is 2.73. The van der Waals surface area contributed by atoms with Gasteiger partial charge >= 0.3 is 5.97 Å². The smallest absolute Gasteiger partial charge is 0.331 e. The van der Waals surface area contributed by atoms with Crippen LogP contribution < -0.4 is 14.2 Å². The molecule has 0 fully saturated rings. The van der Waals surface area contributed by atoms with Crippen molar-refractivity contribution >= 4 is 17.8 Å². The first-order valence-corrected chi connectivity index (χ1v) is 9.45. The lowest BCUT2D eigenvalue weighted by Crippen LogP contribution is -2.23. The van der Waals surface area contributed by atoms with Gasteiger partial charge in [-0.1, -0.05) is 6.07 Å². The predicted molar refractivity (Wildman–Crippen MR) is 111 cm³/mol. The molecule has 2 rings (SSSR count). The Kier molecular flexibility index (Phi) is 8.27. The fourth-order valence-electron chi connectivity index (χ4n) is 2.61. The number of rotatable bonds is 10. The zero-order chi connectivity index (χ0) is 21.2. The van der Waals surface area contributed by atoms with Gasteiger partial charge in [-0.2, -0.15) is 0 Å². The Morgan fingerprint density at radius 1 is 0.966 bits per heavy atom. The summed E-state index contributed by atoms with van der Waals surface area (Å²) in [4.78, 5) is 24.5.